The van der Waals surface area contributed by atoms with E-state index in [1.54, 1.807) is 0 Å². The average Bonchev–Trinajstić information content (AvgIpc) is 3.42. The van der Waals surface area contributed by atoms with Crippen LogP contribution in [0.15, 0.2) is 42.5 Å². The zero-order chi connectivity index (χ0) is 29.0. The molecule has 0 bridgehead atoms. The largest absolute Gasteiger partial charge is 0.419 e. The first-order valence-electron chi connectivity index (χ1n) is 10.9. The van der Waals surface area contributed by atoms with Gasteiger partial charge in [0, 0.05) is 11.6 Å². The predicted octanol–water partition coefficient (Wildman–Crippen LogP) is 7.45. The fourth-order valence-corrected chi connectivity index (χ4v) is 5.14. The Morgan fingerprint density at radius 1 is 0.974 bits per heavy atom. The molecular formula is C25H16Cl3F6N3O2. The smallest absolute Gasteiger partial charge is 0.396 e. The van der Waals surface area contributed by atoms with Crippen LogP contribution in [-0.4, -0.2) is 16.1 Å². The van der Waals surface area contributed by atoms with Gasteiger partial charge < -0.3 is 16.4 Å². The standard InChI is InChI=1S/C25H16Cl3F6N3O2/c1-9-6-11(8-12(19(9)26)22(38)37-21-15(30)4-5-16(35)20(21)31)36-23(39)18-17(24(18,27)28)10-2-3-14(29)13(7-10)25(32,33)34/h2-8,17-18H,35H2,1H3,(H,36,39)(H,37,38)/t17-,18+/m0/s1. The van der Waals surface area contributed by atoms with Crippen LogP contribution < -0.4 is 16.4 Å². The van der Waals surface area contributed by atoms with Crippen molar-refractivity contribution in [3.8, 4) is 0 Å². The van der Waals surface area contributed by atoms with Crippen LogP contribution in [0.4, 0.5) is 43.4 Å². The van der Waals surface area contributed by atoms with E-state index in [0.717, 1.165) is 24.3 Å². The Bertz CT molecular complexity index is 1510. The van der Waals surface area contributed by atoms with Crippen LogP contribution in [0.2, 0.25) is 5.02 Å². The Morgan fingerprint density at radius 3 is 2.26 bits per heavy atom. The number of carbonyl (C=O) groups is 2. The second-order valence-corrected chi connectivity index (χ2v) is 10.6. The number of hydrogen-bond acceptors (Lipinski definition) is 3. The lowest BCUT2D eigenvalue weighted by atomic mass is 10.0. The predicted molar refractivity (Wildman–Crippen MR) is 136 cm³/mol. The molecule has 1 saturated carbocycles. The third kappa shape index (κ3) is 5.48. The zero-order valence-electron chi connectivity index (χ0n) is 19.5. The number of anilines is 3. The summed E-state index contributed by atoms with van der Waals surface area (Å²) in [6.07, 6.45) is -4.98. The Labute approximate surface area is 232 Å². The minimum absolute atomic E-state index is 0.00504. The van der Waals surface area contributed by atoms with E-state index in [4.69, 9.17) is 40.5 Å². The highest BCUT2D eigenvalue weighted by atomic mass is 35.5. The summed E-state index contributed by atoms with van der Waals surface area (Å²) in [4.78, 5) is 25.8. The second kappa shape index (κ2) is 10.1. The average molecular weight is 611 g/mol. The number of halogens is 9. The summed E-state index contributed by atoms with van der Waals surface area (Å²) in [5.74, 6) is -7.98. The third-order valence-corrected chi connectivity index (χ3v) is 7.56. The molecule has 5 nitrogen and oxygen atoms in total. The molecule has 14 heteroatoms. The normalized spacial score (nSPS) is 18.0. The van der Waals surface area contributed by atoms with E-state index in [9.17, 15) is 35.9 Å². The maximum absolute atomic E-state index is 14.2. The number of benzene rings is 3. The quantitative estimate of drug-likeness (QED) is 0.159. The van der Waals surface area contributed by atoms with Crippen molar-refractivity contribution in [2.75, 3.05) is 16.4 Å². The molecule has 206 valence electrons. The van der Waals surface area contributed by atoms with Crippen LogP contribution in [0.5, 0.6) is 0 Å². The van der Waals surface area contributed by atoms with Crippen molar-refractivity contribution in [2.24, 2.45) is 5.92 Å². The van der Waals surface area contributed by atoms with Crippen LogP contribution >= 0.6 is 34.8 Å². The number of aryl methyl sites for hydroxylation is 1. The molecule has 0 saturated heterocycles. The molecule has 1 fully saturated rings. The molecule has 2 atom stereocenters. The lowest BCUT2D eigenvalue weighted by Gasteiger charge is -2.14. The minimum atomic E-state index is -4.98. The molecule has 1 aliphatic rings. The number of alkyl halides is 5. The SMILES string of the molecule is Cc1cc(NC(=O)[C@H]2[C@H](c3ccc(F)c(C(F)(F)F)c3)C2(Cl)Cl)cc(C(=O)Nc2c(F)ccc(N)c2F)c1Cl. The summed E-state index contributed by atoms with van der Waals surface area (Å²) < 4.78 is 79.7. The molecule has 3 aromatic rings. The lowest BCUT2D eigenvalue weighted by molar-refractivity contribution is -0.140. The lowest BCUT2D eigenvalue weighted by Crippen LogP contribution is -2.19. The van der Waals surface area contributed by atoms with Crippen molar-refractivity contribution in [3.63, 3.8) is 0 Å². The Balaban J connectivity index is 1.58. The second-order valence-electron chi connectivity index (χ2n) is 8.79. The number of rotatable bonds is 5. The number of carbonyl (C=O) groups excluding carboxylic acids is 2. The first-order valence-corrected chi connectivity index (χ1v) is 12.1. The number of nitrogen functional groups attached to an aromatic ring is 1. The van der Waals surface area contributed by atoms with Gasteiger partial charge in [-0.2, -0.15) is 13.2 Å². The van der Waals surface area contributed by atoms with E-state index >= 15 is 0 Å². The molecule has 4 N–H and O–H groups in total. The van der Waals surface area contributed by atoms with Crippen LogP contribution in [-0.2, 0) is 11.0 Å². The van der Waals surface area contributed by atoms with Gasteiger partial charge in [0.15, 0.2) is 5.82 Å². The fourth-order valence-electron chi connectivity index (χ4n) is 4.11. The number of nitrogens with two attached hydrogens (primary N) is 1. The van der Waals surface area contributed by atoms with Gasteiger partial charge in [-0.15, -0.1) is 23.2 Å². The van der Waals surface area contributed by atoms with Crippen molar-refractivity contribution < 1.29 is 35.9 Å². The van der Waals surface area contributed by atoms with Gasteiger partial charge in [0.05, 0.1) is 27.8 Å². The van der Waals surface area contributed by atoms with E-state index in [1.165, 1.54) is 13.0 Å². The Hall–Kier alpha value is -3.15. The first kappa shape index (κ1) is 28.8. The summed E-state index contributed by atoms with van der Waals surface area (Å²) in [5, 5.41) is 4.43. The summed E-state index contributed by atoms with van der Waals surface area (Å²) in [6.45, 7) is 1.49. The molecule has 3 aromatic carbocycles. The molecule has 0 unspecified atom stereocenters. The summed E-state index contributed by atoms with van der Waals surface area (Å²) in [5.41, 5.74) is 2.59. The molecule has 4 rings (SSSR count). The zero-order valence-corrected chi connectivity index (χ0v) is 21.8. The van der Waals surface area contributed by atoms with Crippen molar-refractivity contribution >= 4 is 63.7 Å². The summed E-state index contributed by atoms with van der Waals surface area (Å²) in [7, 11) is 0. The molecule has 0 aromatic heterocycles. The van der Waals surface area contributed by atoms with Gasteiger partial charge in [0.25, 0.3) is 5.91 Å². The van der Waals surface area contributed by atoms with Gasteiger partial charge in [-0.1, -0.05) is 17.7 Å². The summed E-state index contributed by atoms with van der Waals surface area (Å²) >= 11 is 18.6. The maximum Gasteiger partial charge on any atom is 0.419 e. The van der Waals surface area contributed by atoms with E-state index in [-0.39, 0.29) is 27.4 Å². The molecule has 0 spiro atoms. The topological polar surface area (TPSA) is 84.2 Å². The Morgan fingerprint density at radius 2 is 1.62 bits per heavy atom. The van der Waals surface area contributed by atoms with E-state index in [1.807, 2.05) is 0 Å². The van der Waals surface area contributed by atoms with Gasteiger partial charge in [-0.25, -0.2) is 13.2 Å². The van der Waals surface area contributed by atoms with Crippen LogP contribution in [0.25, 0.3) is 0 Å². The minimum Gasteiger partial charge on any atom is -0.396 e. The van der Waals surface area contributed by atoms with E-state index < -0.39 is 68.5 Å². The fraction of sp³-hybridized carbons (Fsp3) is 0.200. The molecule has 1 aliphatic carbocycles. The van der Waals surface area contributed by atoms with E-state index in [2.05, 4.69) is 10.6 Å². The van der Waals surface area contributed by atoms with Gasteiger partial charge in [-0.3, -0.25) is 9.59 Å². The van der Waals surface area contributed by atoms with E-state index in [0.29, 0.717) is 12.1 Å². The van der Waals surface area contributed by atoms with Crippen molar-refractivity contribution in [1.82, 2.24) is 0 Å². The number of hydrogen-bond donors (Lipinski definition) is 3. The van der Waals surface area contributed by atoms with Gasteiger partial charge in [0.1, 0.15) is 21.7 Å². The van der Waals surface area contributed by atoms with Crippen LogP contribution in [0.1, 0.15) is 33.0 Å². The van der Waals surface area contributed by atoms with Crippen LogP contribution in [0, 0.1) is 30.3 Å². The van der Waals surface area contributed by atoms with Gasteiger partial charge in [-0.05, 0) is 54.4 Å². The molecule has 0 heterocycles. The highest BCUT2D eigenvalue weighted by molar-refractivity contribution is 6.53. The maximum atomic E-state index is 14.2. The molecule has 39 heavy (non-hydrogen) atoms. The molecule has 2 amide bonds. The molecular weight excluding hydrogens is 595 g/mol. The van der Waals surface area contributed by atoms with Crippen LogP contribution in [0.3, 0.4) is 0 Å². The van der Waals surface area contributed by atoms with Gasteiger partial charge >= 0.3 is 6.18 Å². The number of amides is 2. The van der Waals surface area contributed by atoms with Gasteiger partial charge in [0.2, 0.25) is 5.91 Å². The van der Waals surface area contributed by atoms with Crippen molar-refractivity contribution in [1.29, 1.82) is 0 Å². The molecule has 0 aliphatic heterocycles. The Kier molecular flexibility index (Phi) is 7.48. The molecule has 0 radical (unpaired) electrons. The monoisotopic (exact) mass is 609 g/mol. The highest BCUT2D eigenvalue weighted by Crippen LogP contribution is 2.65. The first-order chi connectivity index (χ1) is 18.0. The summed E-state index contributed by atoms with van der Waals surface area (Å²) in [6, 6.07) is 6.51. The highest BCUT2D eigenvalue weighted by Gasteiger charge is 2.67. The third-order valence-electron chi connectivity index (χ3n) is 6.12. The number of nitrogens with one attached hydrogen (secondary N) is 2. The van der Waals surface area contributed by atoms with Crippen molar-refractivity contribution in [3.05, 3.63) is 87.2 Å². The van der Waals surface area contributed by atoms with Crippen molar-refractivity contribution in [2.45, 2.75) is 23.4 Å².